The van der Waals surface area contributed by atoms with Gasteiger partial charge >= 0.3 is 0 Å². The zero-order valence-corrected chi connectivity index (χ0v) is 23.0. The van der Waals surface area contributed by atoms with Gasteiger partial charge in [0.15, 0.2) is 12.1 Å². The molecule has 40 heavy (non-hydrogen) atoms. The van der Waals surface area contributed by atoms with Crippen LogP contribution < -0.4 is 4.74 Å². The number of hydrogen-bond acceptors (Lipinski definition) is 11. The number of ketones is 2. The third-order valence-corrected chi connectivity index (χ3v) is 8.61. The average molecular weight is 558 g/mol. The van der Waals surface area contributed by atoms with E-state index in [-0.39, 0.29) is 53.3 Å². The van der Waals surface area contributed by atoms with Crippen molar-refractivity contribution in [3.63, 3.8) is 0 Å². The second kappa shape index (κ2) is 10.1. The van der Waals surface area contributed by atoms with Crippen LogP contribution in [0.5, 0.6) is 17.2 Å². The third kappa shape index (κ3) is 4.11. The second-order valence-corrected chi connectivity index (χ2v) is 11.0. The number of aliphatic hydroxyl groups excluding tert-OH is 2. The molecule has 0 spiro atoms. The first kappa shape index (κ1) is 28.5. The number of nitrogens with zero attached hydrogens (tertiary/aromatic N) is 1. The largest absolute Gasteiger partial charge is 0.507 e. The van der Waals surface area contributed by atoms with Crippen LogP contribution in [0.3, 0.4) is 0 Å². The number of ether oxygens (including phenoxy) is 3. The number of rotatable bonds is 5. The lowest BCUT2D eigenvalue weighted by Gasteiger charge is -2.45. The van der Waals surface area contributed by atoms with Gasteiger partial charge in [0.05, 0.1) is 47.7 Å². The van der Waals surface area contributed by atoms with Crippen LogP contribution in [0.4, 0.5) is 0 Å². The van der Waals surface area contributed by atoms with Crippen LogP contribution in [-0.2, 0) is 9.47 Å². The van der Waals surface area contributed by atoms with E-state index in [1.165, 1.54) is 25.3 Å². The number of likely N-dealkylation sites (N-methyl/N-ethyl adjacent to an activating group) is 1. The SMILES string of the molecule is CC[C@@]1(O)C[C@H](O[C@H]2C[C@H](N(C)C)[C@H](O)[C@H](C)O2)c2c(O)c3c(c(O)c2C1O)C(=O)c1cccc(OC)c1C3=O. The summed E-state index contributed by atoms with van der Waals surface area (Å²) in [6.45, 7) is 3.35. The second-order valence-electron chi connectivity index (χ2n) is 11.0. The van der Waals surface area contributed by atoms with Crippen molar-refractivity contribution in [1.29, 1.82) is 0 Å². The molecule has 7 atom stereocenters. The molecule has 1 unspecified atom stereocenters. The van der Waals surface area contributed by atoms with Crippen molar-refractivity contribution >= 4 is 11.6 Å². The molecule has 0 amide bonds. The summed E-state index contributed by atoms with van der Waals surface area (Å²) in [6, 6.07) is 4.14. The molecule has 3 aliphatic rings. The molecular formula is C29H35NO10. The summed E-state index contributed by atoms with van der Waals surface area (Å²) in [5.41, 5.74) is -3.14. The number of aromatic hydroxyl groups is 2. The number of carbonyl (C=O) groups excluding carboxylic acids is 2. The average Bonchev–Trinajstić information content (AvgIpc) is 2.92. The summed E-state index contributed by atoms with van der Waals surface area (Å²) in [4.78, 5) is 29.2. The van der Waals surface area contributed by atoms with Gasteiger partial charge in [-0.05, 0) is 33.5 Å². The van der Waals surface area contributed by atoms with Gasteiger partial charge in [-0.15, -0.1) is 0 Å². The molecule has 1 saturated heterocycles. The molecule has 11 nitrogen and oxygen atoms in total. The van der Waals surface area contributed by atoms with Gasteiger partial charge in [-0.2, -0.15) is 0 Å². The highest BCUT2D eigenvalue weighted by molar-refractivity contribution is 6.31. The van der Waals surface area contributed by atoms with Crippen LogP contribution in [0.1, 0.15) is 88.3 Å². The number of methoxy groups -OCH3 is 1. The summed E-state index contributed by atoms with van der Waals surface area (Å²) in [5, 5.41) is 56.3. The van der Waals surface area contributed by atoms with Crippen molar-refractivity contribution in [2.75, 3.05) is 21.2 Å². The van der Waals surface area contributed by atoms with Gasteiger partial charge in [0.25, 0.3) is 0 Å². The van der Waals surface area contributed by atoms with Gasteiger partial charge in [-0.25, -0.2) is 0 Å². The van der Waals surface area contributed by atoms with Crippen LogP contribution in [0.25, 0.3) is 0 Å². The third-order valence-electron chi connectivity index (χ3n) is 8.61. The summed E-state index contributed by atoms with van der Waals surface area (Å²) >= 11 is 0. The van der Waals surface area contributed by atoms with Crippen LogP contribution in [0.2, 0.25) is 0 Å². The van der Waals surface area contributed by atoms with Gasteiger partial charge in [0, 0.05) is 35.6 Å². The van der Waals surface area contributed by atoms with Crippen molar-refractivity contribution in [1.82, 2.24) is 4.90 Å². The van der Waals surface area contributed by atoms with Gasteiger partial charge in [0.2, 0.25) is 5.78 Å². The lowest BCUT2D eigenvalue weighted by molar-refractivity contribution is -0.261. The molecule has 1 fully saturated rings. The molecule has 0 aromatic heterocycles. The van der Waals surface area contributed by atoms with E-state index in [0.29, 0.717) is 0 Å². The number of phenols is 2. The Morgan fingerprint density at radius 1 is 1.05 bits per heavy atom. The Morgan fingerprint density at radius 2 is 1.70 bits per heavy atom. The van der Waals surface area contributed by atoms with E-state index in [2.05, 4.69) is 0 Å². The monoisotopic (exact) mass is 557 g/mol. The maximum atomic E-state index is 13.7. The molecule has 5 rings (SSSR count). The Kier molecular flexibility index (Phi) is 7.18. The van der Waals surface area contributed by atoms with Gasteiger partial charge < -0.3 is 44.6 Å². The Balaban J connectivity index is 1.68. The van der Waals surface area contributed by atoms with E-state index in [1.807, 2.05) is 19.0 Å². The molecule has 0 saturated carbocycles. The first-order chi connectivity index (χ1) is 18.9. The first-order valence-electron chi connectivity index (χ1n) is 13.3. The Morgan fingerprint density at radius 3 is 2.33 bits per heavy atom. The van der Waals surface area contributed by atoms with E-state index in [9.17, 15) is 35.1 Å². The van der Waals surface area contributed by atoms with E-state index >= 15 is 0 Å². The minimum atomic E-state index is -1.79. The van der Waals surface area contributed by atoms with E-state index in [1.54, 1.807) is 13.8 Å². The molecule has 216 valence electrons. The van der Waals surface area contributed by atoms with Gasteiger partial charge in [0.1, 0.15) is 23.4 Å². The van der Waals surface area contributed by atoms with Crippen LogP contribution in [0.15, 0.2) is 18.2 Å². The summed E-state index contributed by atoms with van der Waals surface area (Å²) < 4.78 is 17.5. The van der Waals surface area contributed by atoms with Crippen molar-refractivity contribution in [2.45, 2.75) is 75.5 Å². The Hall–Kier alpha value is -3.06. The number of aliphatic hydroxyl groups is 3. The standard InChI is InChI=1S/C29H35NO10/c1-6-29(37)11-16(40-17-10-14(30(3)4)23(31)12(2)39-17)19-22(28(29)36)27(35)20-21(26(19)34)25(33)18-13(24(20)32)8-7-9-15(18)38-5/h7-9,12,14,16-17,23,28,31,34-37H,6,10-11H2,1-5H3/t12-,14-,16-,17-,23+,28?,29+/m0/s1. The quantitative estimate of drug-likeness (QED) is 0.291. The number of benzene rings is 2. The Bertz CT molecular complexity index is 1370. The van der Waals surface area contributed by atoms with Crippen molar-refractivity contribution in [3.05, 3.63) is 51.6 Å². The molecule has 2 aliphatic carbocycles. The highest BCUT2D eigenvalue weighted by Crippen LogP contribution is 2.56. The minimum Gasteiger partial charge on any atom is -0.507 e. The van der Waals surface area contributed by atoms with E-state index in [4.69, 9.17) is 14.2 Å². The minimum absolute atomic E-state index is 0.0202. The molecule has 5 N–H and O–H groups in total. The Labute approximate surface area is 231 Å². The number of phenolic OH excluding ortho intramolecular Hbond substituents is 2. The summed E-state index contributed by atoms with van der Waals surface area (Å²) in [7, 11) is 4.98. The first-order valence-corrected chi connectivity index (χ1v) is 13.3. The molecule has 2 aromatic carbocycles. The number of fused-ring (bicyclic) bond motifs is 3. The molecule has 0 bridgehead atoms. The highest BCUT2D eigenvalue weighted by Gasteiger charge is 2.51. The lowest BCUT2D eigenvalue weighted by atomic mass is 9.70. The maximum absolute atomic E-state index is 13.7. The molecule has 1 heterocycles. The molecule has 11 heteroatoms. The van der Waals surface area contributed by atoms with Crippen molar-refractivity contribution in [2.24, 2.45) is 0 Å². The van der Waals surface area contributed by atoms with Crippen LogP contribution in [-0.4, -0.2) is 93.3 Å². The molecular weight excluding hydrogens is 522 g/mol. The van der Waals surface area contributed by atoms with Crippen molar-refractivity contribution < 1.29 is 49.3 Å². The smallest absolute Gasteiger partial charge is 0.202 e. The predicted molar refractivity (Wildman–Crippen MR) is 141 cm³/mol. The number of hydrogen-bond donors (Lipinski definition) is 5. The van der Waals surface area contributed by atoms with E-state index in [0.717, 1.165) is 0 Å². The van der Waals surface area contributed by atoms with E-state index < -0.39 is 70.5 Å². The topological polar surface area (TPSA) is 166 Å². The fourth-order valence-corrected chi connectivity index (χ4v) is 6.26. The van der Waals surface area contributed by atoms with Gasteiger partial charge in [-0.3, -0.25) is 9.59 Å². The summed E-state index contributed by atoms with van der Waals surface area (Å²) in [5.74, 6) is -2.68. The molecule has 1 aliphatic heterocycles. The van der Waals surface area contributed by atoms with Crippen LogP contribution in [0, 0.1) is 0 Å². The van der Waals surface area contributed by atoms with Crippen LogP contribution >= 0.6 is 0 Å². The highest BCUT2D eigenvalue weighted by atomic mass is 16.7. The fraction of sp³-hybridized carbons (Fsp3) is 0.517. The molecule has 0 radical (unpaired) electrons. The predicted octanol–water partition coefficient (Wildman–Crippen LogP) is 1.94. The maximum Gasteiger partial charge on any atom is 0.202 e. The van der Waals surface area contributed by atoms with Crippen molar-refractivity contribution in [3.8, 4) is 17.2 Å². The normalized spacial score (nSPS) is 31.5. The zero-order chi connectivity index (χ0) is 29.3. The lowest BCUT2D eigenvalue weighted by Crippen LogP contribution is -2.54. The zero-order valence-electron chi connectivity index (χ0n) is 23.0. The fourth-order valence-electron chi connectivity index (χ4n) is 6.26. The molecule has 2 aromatic rings. The summed E-state index contributed by atoms with van der Waals surface area (Å²) in [6.07, 6.45) is -5.01. The van der Waals surface area contributed by atoms with Gasteiger partial charge in [-0.1, -0.05) is 19.1 Å². The number of carbonyl (C=O) groups is 2.